The summed E-state index contributed by atoms with van der Waals surface area (Å²) in [6, 6.07) is 11.8. The summed E-state index contributed by atoms with van der Waals surface area (Å²) in [5, 5.41) is 3.46. The molecule has 0 aliphatic carbocycles. The van der Waals surface area contributed by atoms with Crippen LogP contribution in [0.2, 0.25) is 0 Å². The molecule has 8 nitrogen and oxygen atoms in total. The number of aromatic nitrogens is 3. The highest BCUT2D eigenvalue weighted by Crippen LogP contribution is 2.22. The van der Waals surface area contributed by atoms with E-state index in [1.165, 1.54) is 11.1 Å². The van der Waals surface area contributed by atoms with Gasteiger partial charge < -0.3 is 19.9 Å². The Hall–Kier alpha value is -2.95. The van der Waals surface area contributed by atoms with Gasteiger partial charge in [0.15, 0.2) is 5.96 Å². The summed E-state index contributed by atoms with van der Waals surface area (Å²) in [7, 11) is 1.82. The van der Waals surface area contributed by atoms with Gasteiger partial charge in [0.25, 0.3) is 0 Å². The molecule has 1 saturated heterocycles. The molecule has 174 valence electrons. The van der Waals surface area contributed by atoms with Gasteiger partial charge in [0.05, 0.1) is 0 Å². The van der Waals surface area contributed by atoms with Gasteiger partial charge in [0, 0.05) is 64.4 Å². The molecule has 3 aromatic rings. The molecule has 1 fully saturated rings. The van der Waals surface area contributed by atoms with Crippen molar-refractivity contribution in [2.75, 3.05) is 38.1 Å². The van der Waals surface area contributed by atoms with Gasteiger partial charge in [-0.3, -0.25) is 4.99 Å². The highest BCUT2D eigenvalue weighted by atomic mass is 127. The molecule has 0 radical (unpaired) electrons. The van der Waals surface area contributed by atoms with E-state index in [4.69, 9.17) is 4.74 Å². The number of pyridine rings is 1. The van der Waals surface area contributed by atoms with Crippen molar-refractivity contribution >= 4 is 35.9 Å². The average Bonchev–Trinajstić information content (AvgIpc) is 2.83. The fourth-order valence-corrected chi connectivity index (χ4v) is 3.60. The number of hydrogen-bond donors (Lipinski definition) is 1. The Morgan fingerprint density at radius 2 is 1.73 bits per heavy atom. The van der Waals surface area contributed by atoms with E-state index in [0.29, 0.717) is 12.4 Å². The Labute approximate surface area is 212 Å². The minimum absolute atomic E-state index is 0. The molecule has 33 heavy (non-hydrogen) atoms. The van der Waals surface area contributed by atoms with Crippen molar-refractivity contribution in [2.45, 2.75) is 20.4 Å². The maximum Gasteiger partial charge on any atom is 0.225 e. The van der Waals surface area contributed by atoms with Crippen molar-refractivity contribution < 1.29 is 4.74 Å². The number of aryl methyl sites for hydroxylation is 2. The third-order valence-corrected chi connectivity index (χ3v) is 5.58. The normalized spacial score (nSPS) is 14.0. The first-order valence-electron chi connectivity index (χ1n) is 10.8. The van der Waals surface area contributed by atoms with Crippen molar-refractivity contribution in [3.63, 3.8) is 0 Å². The maximum absolute atomic E-state index is 5.96. The number of rotatable bonds is 5. The summed E-state index contributed by atoms with van der Waals surface area (Å²) >= 11 is 0. The first-order valence-corrected chi connectivity index (χ1v) is 10.8. The number of piperazine rings is 1. The van der Waals surface area contributed by atoms with Gasteiger partial charge in [0.2, 0.25) is 11.8 Å². The second-order valence-corrected chi connectivity index (χ2v) is 7.77. The Bertz CT molecular complexity index is 1070. The lowest BCUT2D eigenvalue weighted by Gasteiger charge is -2.36. The topological polar surface area (TPSA) is 78.8 Å². The molecular weight excluding hydrogens is 529 g/mol. The van der Waals surface area contributed by atoms with Crippen LogP contribution < -0.4 is 15.0 Å². The van der Waals surface area contributed by atoms with E-state index in [2.05, 4.69) is 55.0 Å². The van der Waals surface area contributed by atoms with Gasteiger partial charge in [0.1, 0.15) is 5.75 Å². The number of nitrogens with one attached hydrogen (secondary N) is 1. The van der Waals surface area contributed by atoms with E-state index in [-0.39, 0.29) is 24.0 Å². The van der Waals surface area contributed by atoms with Crippen LogP contribution in [0, 0.1) is 13.8 Å². The van der Waals surface area contributed by atoms with Crippen LogP contribution in [-0.2, 0) is 6.54 Å². The van der Waals surface area contributed by atoms with Crippen molar-refractivity contribution in [2.24, 2.45) is 4.99 Å². The van der Waals surface area contributed by atoms with E-state index in [1.807, 2.05) is 37.4 Å². The molecule has 1 aliphatic rings. The summed E-state index contributed by atoms with van der Waals surface area (Å²) < 4.78 is 5.96. The third-order valence-electron chi connectivity index (χ3n) is 5.58. The number of hydrogen-bond acceptors (Lipinski definition) is 6. The van der Waals surface area contributed by atoms with E-state index in [1.54, 1.807) is 18.6 Å². The standard InChI is InChI=1S/C24H29N7O.HI/c1-18-5-6-21(15-19(18)2)32-22-16-20(7-10-26-22)17-29-23(25-3)30-11-13-31(14-12-30)24-27-8-4-9-28-24;/h4-10,15-16H,11-14,17H2,1-3H3,(H,25,29);1H. The van der Waals surface area contributed by atoms with Crippen molar-refractivity contribution in [3.05, 3.63) is 71.7 Å². The molecule has 0 bridgehead atoms. The number of aliphatic imine (C=N–C) groups is 1. The summed E-state index contributed by atoms with van der Waals surface area (Å²) in [4.78, 5) is 22.0. The molecule has 3 heterocycles. The first kappa shape index (κ1) is 24.7. The zero-order chi connectivity index (χ0) is 22.3. The van der Waals surface area contributed by atoms with Crippen LogP contribution in [0.15, 0.2) is 60.0 Å². The zero-order valence-corrected chi connectivity index (χ0v) is 21.6. The Morgan fingerprint density at radius 3 is 2.42 bits per heavy atom. The molecule has 0 unspecified atom stereocenters. The summed E-state index contributed by atoms with van der Waals surface area (Å²) in [6.45, 7) is 8.23. The smallest absolute Gasteiger partial charge is 0.225 e. The third kappa shape index (κ3) is 6.53. The minimum atomic E-state index is 0. The number of halogens is 1. The van der Waals surface area contributed by atoms with Gasteiger partial charge in [-0.25, -0.2) is 15.0 Å². The highest BCUT2D eigenvalue weighted by Gasteiger charge is 2.21. The molecule has 0 atom stereocenters. The van der Waals surface area contributed by atoms with Crippen LogP contribution in [0.1, 0.15) is 16.7 Å². The Kier molecular flexibility index (Phi) is 8.81. The van der Waals surface area contributed by atoms with E-state index in [0.717, 1.165) is 49.4 Å². The largest absolute Gasteiger partial charge is 0.439 e. The van der Waals surface area contributed by atoms with Crippen LogP contribution in [0.25, 0.3) is 0 Å². The molecule has 9 heteroatoms. The van der Waals surface area contributed by atoms with Gasteiger partial charge in [-0.15, -0.1) is 24.0 Å². The monoisotopic (exact) mass is 559 g/mol. The number of nitrogens with zero attached hydrogens (tertiary/aromatic N) is 6. The predicted octanol–water partition coefficient (Wildman–Crippen LogP) is 3.80. The highest BCUT2D eigenvalue weighted by molar-refractivity contribution is 14.0. The molecule has 0 saturated carbocycles. The van der Waals surface area contributed by atoms with Gasteiger partial charge in [-0.05, 0) is 54.8 Å². The predicted molar refractivity (Wildman–Crippen MR) is 142 cm³/mol. The SMILES string of the molecule is CN=C(NCc1ccnc(Oc2ccc(C)c(C)c2)c1)N1CCN(c2ncccn2)CC1.I. The van der Waals surface area contributed by atoms with Crippen LogP contribution in [0.5, 0.6) is 11.6 Å². The number of ether oxygens (including phenoxy) is 1. The van der Waals surface area contributed by atoms with E-state index < -0.39 is 0 Å². The van der Waals surface area contributed by atoms with Crippen LogP contribution in [0.4, 0.5) is 5.95 Å². The van der Waals surface area contributed by atoms with Gasteiger partial charge in [-0.1, -0.05) is 6.07 Å². The number of benzene rings is 1. The summed E-state index contributed by atoms with van der Waals surface area (Å²) in [5.74, 6) is 3.04. The molecule has 2 aromatic heterocycles. The molecule has 4 rings (SSSR count). The van der Waals surface area contributed by atoms with E-state index >= 15 is 0 Å². The van der Waals surface area contributed by atoms with Gasteiger partial charge in [-0.2, -0.15) is 0 Å². The Balaban J connectivity index is 0.00000306. The molecule has 0 spiro atoms. The van der Waals surface area contributed by atoms with Crippen molar-refractivity contribution in [1.82, 2.24) is 25.2 Å². The summed E-state index contributed by atoms with van der Waals surface area (Å²) in [5.41, 5.74) is 3.52. The second-order valence-electron chi connectivity index (χ2n) is 7.77. The molecular formula is C24H30IN7O. The number of guanidine groups is 1. The number of anilines is 1. The molecule has 0 amide bonds. The fourth-order valence-electron chi connectivity index (χ4n) is 3.60. The zero-order valence-electron chi connectivity index (χ0n) is 19.2. The lowest BCUT2D eigenvalue weighted by Crippen LogP contribution is -2.52. The maximum atomic E-state index is 5.96. The first-order chi connectivity index (χ1) is 15.6. The summed E-state index contributed by atoms with van der Waals surface area (Å²) in [6.07, 6.45) is 5.33. The molecule has 1 aromatic carbocycles. The van der Waals surface area contributed by atoms with Crippen LogP contribution >= 0.6 is 24.0 Å². The lowest BCUT2D eigenvalue weighted by atomic mass is 10.1. The molecule has 1 aliphatic heterocycles. The van der Waals surface area contributed by atoms with Crippen molar-refractivity contribution in [1.29, 1.82) is 0 Å². The fraction of sp³-hybridized carbons (Fsp3) is 0.333. The Morgan fingerprint density at radius 1 is 0.970 bits per heavy atom. The quantitative estimate of drug-likeness (QED) is 0.290. The van der Waals surface area contributed by atoms with Crippen LogP contribution in [-0.4, -0.2) is 59.0 Å². The van der Waals surface area contributed by atoms with Gasteiger partial charge >= 0.3 is 0 Å². The van der Waals surface area contributed by atoms with E-state index in [9.17, 15) is 0 Å². The minimum Gasteiger partial charge on any atom is -0.439 e. The lowest BCUT2D eigenvalue weighted by molar-refractivity contribution is 0.370. The average molecular weight is 559 g/mol. The second kappa shape index (κ2) is 11.8. The molecule has 1 N–H and O–H groups in total. The van der Waals surface area contributed by atoms with Crippen molar-refractivity contribution in [3.8, 4) is 11.6 Å². The van der Waals surface area contributed by atoms with Crippen LogP contribution in [0.3, 0.4) is 0 Å².